The molecule has 2 aromatic carbocycles. The number of para-hydroxylation sites is 1. The summed E-state index contributed by atoms with van der Waals surface area (Å²) >= 11 is 0. The summed E-state index contributed by atoms with van der Waals surface area (Å²) in [7, 11) is 1.60. The minimum absolute atomic E-state index is 0.116. The van der Waals surface area contributed by atoms with E-state index >= 15 is 0 Å². The molecule has 0 bridgehead atoms. The zero-order valence-electron chi connectivity index (χ0n) is 19.2. The number of hydrogen-bond acceptors (Lipinski definition) is 5. The Morgan fingerprint density at radius 1 is 0.970 bits per heavy atom. The van der Waals surface area contributed by atoms with Crippen molar-refractivity contribution in [3.63, 3.8) is 0 Å². The van der Waals surface area contributed by atoms with Crippen LogP contribution in [0, 0.1) is 18.8 Å². The molecule has 0 aromatic heterocycles. The zero-order chi connectivity index (χ0) is 23.3. The molecule has 0 spiro atoms. The summed E-state index contributed by atoms with van der Waals surface area (Å²) in [6.45, 7) is 4.79. The van der Waals surface area contributed by atoms with Gasteiger partial charge in [0.15, 0.2) is 5.78 Å². The number of carbonyl (C=O) groups is 3. The monoisotopic (exact) mass is 444 g/mol. The van der Waals surface area contributed by atoms with Gasteiger partial charge in [0, 0.05) is 37.1 Å². The number of hydrogen-bond donors (Lipinski definition) is 0. The van der Waals surface area contributed by atoms with Gasteiger partial charge < -0.3 is 9.64 Å². The Morgan fingerprint density at radius 3 is 2.39 bits per heavy atom. The van der Waals surface area contributed by atoms with Crippen molar-refractivity contribution in [2.24, 2.45) is 11.8 Å². The normalized spacial score (nSPS) is 25.6. The van der Waals surface area contributed by atoms with Crippen LogP contribution in [0.15, 0.2) is 54.6 Å². The van der Waals surface area contributed by atoms with Crippen LogP contribution in [0.25, 0.3) is 5.57 Å². The van der Waals surface area contributed by atoms with Crippen molar-refractivity contribution < 1.29 is 19.1 Å². The van der Waals surface area contributed by atoms with Gasteiger partial charge in [-0.25, -0.2) is 0 Å². The Bertz CT molecular complexity index is 1150. The first-order valence-electron chi connectivity index (χ1n) is 11.4. The molecule has 0 saturated carbocycles. The van der Waals surface area contributed by atoms with Gasteiger partial charge in [0.05, 0.1) is 17.9 Å². The van der Waals surface area contributed by atoms with Crippen molar-refractivity contribution in [1.29, 1.82) is 0 Å². The lowest BCUT2D eigenvalue weighted by molar-refractivity contribution is -0.140. The Hall–Kier alpha value is -3.25. The molecule has 2 saturated heterocycles. The highest BCUT2D eigenvalue weighted by molar-refractivity contribution is 6.14. The molecule has 5 rings (SSSR count). The number of rotatable bonds is 6. The maximum atomic E-state index is 13.9. The van der Waals surface area contributed by atoms with E-state index in [-0.39, 0.29) is 23.6 Å². The van der Waals surface area contributed by atoms with E-state index in [1.54, 1.807) is 7.11 Å². The standard InChI is InChI=1S/C27H28N2O4/c1-16-9-11-18(12-10-16)25(30)24-23-22(26(31)28(27(23)32)13-6-14-33-3)21-15-17(2)19-7-4-5-8-20(19)29(21)24/h4-5,7-12,15,21-24H,6,13-14H2,1-3H3/t21-,22-,23-,24-/m0/s1. The lowest BCUT2D eigenvalue weighted by Gasteiger charge is -2.38. The summed E-state index contributed by atoms with van der Waals surface area (Å²) in [5, 5.41) is 0. The van der Waals surface area contributed by atoms with E-state index in [0.717, 1.165) is 22.4 Å². The molecule has 3 aliphatic rings. The minimum atomic E-state index is -0.725. The third-order valence-electron chi connectivity index (χ3n) is 7.18. The third-order valence-corrected chi connectivity index (χ3v) is 7.18. The molecule has 2 aromatic rings. The number of nitrogens with zero attached hydrogens (tertiary/aromatic N) is 2. The summed E-state index contributed by atoms with van der Waals surface area (Å²) in [5.74, 6) is -1.81. The van der Waals surface area contributed by atoms with Crippen LogP contribution in [-0.4, -0.2) is 54.8 Å². The number of carbonyl (C=O) groups excluding carboxylic acids is 3. The van der Waals surface area contributed by atoms with E-state index in [1.807, 2.05) is 67.3 Å². The molecule has 3 heterocycles. The van der Waals surface area contributed by atoms with E-state index in [0.29, 0.717) is 25.1 Å². The molecule has 33 heavy (non-hydrogen) atoms. The second-order valence-corrected chi connectivity index (χ2v) is 9.17. The zero-order valence-corrected chi connectivity index (χ0v) is 19.2. The minimum Gasteiger partial charge on any atom is -0.385 e. The van der Waals surface area contributed by atoms with E-state index in [4.69, 9.17) is 4.74 Å². The first-order chi connectivity index (χ1) is 15.9. The number of anilines is 1. The fourth-order valence-electron chi connectivity index (χ4n) is 5.64. The van der Waals surface area contributed by atoms with E-state index in [9.17, 15) is 14.4 Å². The third kappa shape index (κ3) is 3.32. The van der Waals surface area contributed by atoms with Crippen LogP contribution >= 0.6 is 0 Å². The highest BCUT2D eigenvalue weighted by Crippen LogP contribution is 2.50. The number of ether oxygens (including phenoxy) is 1. The Balaban J connectivity index is 1.61. The summed E-state index contributed by atoms with van der Waals surface area (Å²) in [4.78, 5) is 44.4. The number of Topliss-reactive ketones (excluding diaryl/α,β-unsaturated/α-hetero) is 1. The second-order valence-electron chi connectivity index (χ2n) is 9.17. The number of amides is 2. The van der Waals surface area contributed by atoms with Gasteiger partial charge in [-0.2, -0.15) is 0 Å². The number of allylic oxidation sites excluding steroid dienone is 1. The second kappa shape index (κ2) is 8.27. The quantitative estimate of drug-likeness (QED) is 0.388. The SMILES string of the molecule is COCCCN1C(=O)[C@@H]2[C@H](C1=O)[C@@H](C(=O)c1ccc(C)cc1)N1c3ccccc3C(C)=C[C@@H]21. The summed E-state index contributed by atoms with van der Waals surface area (Å²) in [6, 6.07) is 14.3. The maximum Gasteiger partial charge on any atom is 0.235 e. The van der Waals surface area contributed by atoms with Crippen LogP contribution in [0.5, 0.6) is 0 Å². The topological polar surface area (TPSA) is 66.9 Å². The molecule has 6 nitrogen and oxygen atoms in total. The molecule has 0 radical (unpaired) electrons. The van der Waals surface area contributed by atoms with Gasteiger partial charge in [-0.05, 0) is 31.9 Å². The smallest absolute Gasteiger partial charge is 0.235 e. The molecule has 3 aliphatic heterocycles. The van der Waals surface area contributed by atoms with Crippen molar-refractivity contribution in [1.82, 2.24) is 4.90 Å². The Morgan fingerprint density at radius 2 is 1.67 bits per heavy atom. The van der Waals surface area contributed by atoms with Gasteiger partial charge in [0.2, 0.25) is 11.8 Å². The number of benzene rings is 2. The fraction of sp³-hybridized carbons (Fsp3) is 0.370. The van der Waals surface area contributed by atoms with E-state index < -0.39 is 17.9 Å². The maximum absolute atomic E-state index is 13.9. The van der Waals surface area contributed by atoms with Crippen molar-refractivity contribution in [3.8, 4) is 0 Å². The lowest BCUT2D eigenvalue weighted by atomic mass is 9.85. The number of imide groups is 1. The molecule has 0 aliphatic carbocycles. The highest BCUT2D eigenvalue weighted by atomic mass is 16.5. The molecular weight excluding hydrogens is 416 g/mol. The van der Waals surface area contributed by atoms with Gasteiger partial charge in [0.25, 0.3) is 0 Å². The van der Waals surface area contributed by atoms with Crippen LogP contribution in [0.3, 0.4) is 0 Å². The van der Waals surface area contributed by atoms with Gasteiger partial charge in [-0.3, -0.25) is 19.3 Å². The van der Waals surface area contributed by atoms with Crippen LogP contribution < -0.4 is 4.90 Å². The molecule has 4 atom stereocenters. The molecule has 170 valence electrons. The lowest BCUT2D eigenvalue weighted by Crippen LogP contribution is -2.49. The van der Waals surface area contributed by atoms with Crippen LogP contribution in [0.1, 0.15) is 34.8 Å². The molecule has 6 heteroatoms. The van der Waals surface area contributed by atoms with E-state index in [2.05, 4.69) is 6.08 Å². The van der Waals surface area contributed by atoms with Crippen LogP contribution in [0.4, 0.5) is 5.69 Å². The van der Waals surface area contributed by atoms with Gasteiger partial charge in [-0.1, -0.05) is 54.1 Å². The van der Waals surface area contributed by atoms with Crippen LogP contribution in [-0.2, 0) is 14.3 Å². The number of aryl methyl sites for hydroxylation is 1. The first kappa shape index (κ1) is 21.6. The largest absolute Gasteiger partial charge is 0.385 e. The predicted molar refractivity (Wildman–Crippen MR) is 126 cm³/mol. The van der Waals surface area contributed by atoms with Gasteiger partial charge in [0.1, 0.15) is 6.04 Å². The molecular formula is C27H28N2O4. The average molecular weight is 445 g/mol. The summed E-state index contributed by atoms with van der Waals surface area (Å²) in [6.07, 6.45) is 2.64. The number of methoxy groups -OCH3 is 1. The van der Waals surface area contributed by atoms with E-state index in [1.165, 1.54) is 4.90 Å². The fourth-order valence-corrected chi connectivity index (χ4v) is 5.64. The van der Waals surface area contributed by atoms with Gasteiger partial charge >= 0.3 is 0 Å². The van der Waals surface area contributed by atoms with Crippen molar-refractivity contribution >= 4 is 28.9 Å². The number of fused-ring (bicyclic) bond motifs is 5. The number of ketones is 1. The molecule has 0 N–H and O–H groups in total. The first-order valence-corrected chi connectivity index (χ1v) is 11.4. The molecule has 0 unspecified atom stereocenters. The Labute approximate surface area is 193 Å². The van der Waals surface area contributed by atoms with Gasteiger partial charge in [-0.15, -0.1) is 0 Å². The number of likely N-dealkylation sites (tertiary alicyclic amines) is 1. The Kier molecular flexibility index (Phi) is 5.41. The van der Waals surface area contributed by atoms with Crippen LogP contribution in [0.2, 0.25) is 0 Å². The highest BCUT2D eigenvalue weighted by Gasteiger charge is 2.64. The van der Waals surface area contributed by atoms with Crippen molar-refractivity contribution in [3.05, 3.63) is 71.3 Å². The summed E-state index contributed by atoms with van der Waals surface area (Å²) in [5.41, 5.74) is 4.63. The average Bonchev–Trinajstić information content (AvgIpc) is 3.28. The van der Waals surface area contributed by atoms with Crippen molar-refractivity contribution in [2.45, 2.75) is 32.4 Å². The predicted octanol–water partition coefficient (Wildman–Crippen LogP) is 3.49. The summed E-state index contributed by atoms with van der Waals surface area (Å²) < 4.78 is 5.11. The molecule has 2 fully saturated rings. The molecule has 2 amide bonds. The van der Waals surface area contributed by atoms with Crippen molar-refractivity contribution in [2.75, 3.05) is 25.2 Å².